The molecule has 0 unspecified atom stereocenters. The van der Waals surface area contributed by atoms with Gasteiger partial charge in [0.2, 0.25) is 0 Å². The Bertz CT molecular complexity index is 314. The lowest BCUT2D eigenvalue weighted by Gasteiger charge is -2.22. The number of halogens is 2. The van der Waals surface area contributed by atoms with Crippen LogP contribution in [0.4, 0.5) is 5.69 Å². The van der Waals surface area contributed by atoms with Crippen molar-refractivity contribution in [2.24, 2.45) is 0 Å². The van der Waals surface area contributed by atoms with Gasteiger partial charge in [-0.1, -0.05) is 46.9 Å². The van der Waals surface area contributed by atoms with Crippen LogP contribution in [0.15, 0.2) is 18.2 Å². The van der Waals surface area contributed by atoms with Crippen molar-refractivity contribution in [3.8, 4) is 0 Å². The summed E-state index contributed by atoms with van der Waals surface area (Å²) in [4.78, 5) is 2.27. The van der Waals surface area contributed by atoms with Gasteiger partial charge in [0.15, 0.2) is 0 Å². The van der Waals surface area contributed by atoms with E-state index < -0.39 is 0 Å². The molecule has 3 heteroatoms. The van der Waals surface area contributed by atoms with E-state index in [2.05, 4.69) is 40.9 Å². The van der Waals surface area contributed by atoms with Gasteiger partial charge in [0.25, 0.3) is 0 Å². The Morgan fingerprint density at radius 1 is 1.40 bits per heavy atom. The lowest BCUT2D eigenvalue weighted by Crippen LogP contribution is -2.19. The first-order valence-electron chi connectivity index (χ1n) is 5.25. The highest BCUT2D eigenvalue weighted by Gasteiger charge is 2.08. The molecule has 0 radical (unpaired) electrons. The molecule has 0 bridgehead atoms. The molecule has 1 nitrogen and oxygen atoms in total. The van der Waals surface area contributed by atoms with Crippen molar-refractivity contribution in [3.05, 3.63) is 28.8 Å². The van der Waals surface area contributed by atoms with Crippen LogP contribution in [0.1, 0.15) is 25.3 Å². The van der Waals surface area contributed by atoms with Crippen molar-refractivity contribution in [1.29, 1.82) is 0 Å². The minimum Gasteiger partial charge on any atom is -0.374 e. The van der Waals surface area contributed by atoms with Gasteiger partial charge < -0.3 is 4.90 Å². The minimum absolute atomic E-state index is 0.804. The molecular formula is C12H17BrClN. The monoisotopic (exact) mass is 289 g/mol. The summed E-state index contributed by atoms with van der Waals surface area (Å²) in [6.45, 7) is 3.29. The molecule has 0 spiro atoms. The van der Waals surface area contributed by atoms with Crippen LogP contribution in [0.25, 0.3) is 0 Å². The van der Waals surface area contributed by atoms with E-state index in [0.29, 0.717) is 0 Å². The smallest absolute Gasteiger partial charge is 0.0467 e. The van der Waals surface area contributed by atoms with Crippen molar-refractivity contribution < 1.29 is 0 Å². The second-order valence-corrected chi connectivity index (χ2v) is 4.61. The normalized spacial score (nSPS) is 10.4. The van der Waals surface area contributed by atoms with Gasteiger partial charge in [0, 0.05) is 35.2 Å². The molecule has 0 N–H and O–H groups in total. The number of rotatable bonds is 5. The fourth-order valence-electron chi connectivity index (χ4n) is 1.55. The van der Waals surface area contributed by atoms with E-state index >= 15 is 0 Å². The number of benzene rings is 1. The molecule has 0 amide bonds. The van der Waals surface area contributed by atoms with Gasteiger partial charge in [-0.25, -0.2) is 0 Å². The van der Waals surface area contributed by atoms with E-state index in [0.717, 1.165) is 16.9 Å². The molecule has 0 heterocycles. The fourth-order valence-corrected chi connectivity index (χ4v) is 2.54. The Morgan fingerprint density at radius 2 is 2.13 bits per heavy atom. The lowest BCUT2D eigenvalue weighted by atomic mass is 10.2. The van der Waals surface area contributed by atoms with Gasteiger partial charge in [0.05, 0.1) is 0 Å². The van der Waals surface area contributed by atoms with Crippen LogP contribution in [-0.2, 0) is 5.33 Å². The summed E-state index contributed by atoms with van der Waals surface area (Å²) in [5, 5.41) is 1.64. The number of nitrogens with zero attached hydrogens (tertiary/aromatic N) is 1. The second kappa shape index (κ2) is 6.39. The van der Waals surface area contributed by atoms with Gasteiger partial charge in [-0.2, -0.15) is 0 Å². The molecule has 84 valence electrons. The summed E-state index contributed by atoms with van der Waals surface area (Å²) in [5.74, 6) is 0. The van der Waals surface area contributed by atoms with Crippen molar-refractivity contribution in [3.63, 3.8) is 0 Å². The molecule has 0 aliphatic rings. The quantitative estimate of drug-likeness (QED) is 0.723. The van der Waals surface area contributed by atoms with Gasteiger partial charge in [0.1, 0.15) is 0 Å². The Balaban J connectivity index is 2.87. The minimum atomic E-state index is 0.804. The van der Waals surface area contributed by atoms with Crippen molar-refractivity contribution in [1.82, 2.24) is 0 Å². The lowest BCUT2D eigenvalue weighted by molar-refractivity contribution is 0.765. The number of unbranched alkanes of at least 4 members (excludes halogenated alkanes) is 1. The molecule has 0 aliphatic heterocycles. The van der Waals surface area contributed by atoms with Gasteiger partial charge >= 0.3 is 0 Å². The second-order valence-electron chi connectivity index (χ2n) is 3.65. The average Bonchev–Trinajstić information content (AvgIpc) is 2.25. The molecule has 0 fully saturated rings. The van der Waals surface area contributed by atoms with E-state index in [1.807, 2.05) is 12.1 Å². The molecule has 1 aromatic carbocycles. The van der Waals surface area contributed by atoms with Crippen molar-refractivity contribution >= 4 is 33.2 Å². The molecule has 1 aromatic rings. The van der Waals surface area contributed by atoms with E-state index in [4.69, 9.17) is 11.6 Å². The fraction of sp³-hybridized carbons (Fsp3) is 0.500. The third kappa shape index (κ3) is 3.39. The molecular weight excluding hydrogens is 273 g/mol. The van der Waals surface area contributed by atoms with Crippen LogP contribution < -0.4 is 4.90 Å². The maximum Gasteiger partial charge on any atom is 0.0467 e. The zero-order valence-corrected chi connectivity index (χ0v) is 11.6. The standard InChI is InChI=1S/C12H17BrClN/c1-3-4-8-15(2)12-7-5-6-11(14)10(12)9-13/h5-7H,3-4,8-9H2,1-2H3. The van der Waals surface area contributed by atoms with Crippen molar-refractivity contribution in [2.75, 3.05) is 18.5 Å². The zero-order valence-electron chi connectivity index (χ0n) is 9.26. The third-order valence-corrected chi connectivity index (χ3v) is 3.40. The van der Waals surface area contributed by atoms with Crippen LogP contribution >= 0.6 is 27.5 Å². The summed E-state index contributed by atoms with van der Waals surface area (Å²) in [6.07, 6.45) is 2.43. The summed E-state index contributed by atoms with van der Waals surface area (Å²) in [6, 6.07) is 6.07. The first-order chi connectivity index (χ1) is 7.20. The van der Waals surface area contributed by atoms with E-state index in [9.17, 15) is 0 Å². The summed E-state index contributed by atoms with van der Waals surface area (Å²) < 4.78 is 0. The predicted octanol–water partition coefficient (Wildman–Crippen LogP) is 4.47. The number of anilines is 1. The SMILES string of the molecule is CCCCN(C)c1cccc(Cl)c1CBr. The Labute approximate surface area is 106 Å². The van der Waals surface area contributed by atoms with Gasteiger partial charge in [-0.3, -0.25) is 0 Å². The molecule has 0 saturated carbocycles. The first kappa shape index (κ1) is 12.9. The predicted molar refractivity (Wildman–Crippen MR) is 72.3 cm³/mol. The Hall–Kier alpha value is -0.210. The van der Waals surface area contributed by atoms with Crippen LogP contribution in [0.3, 0.4) is 0 Å². The van der Waals surface area contributed by atoms with Crippen LogP contribution in [0.5, 0.6) is 0 Å². The summed E-state index contributed by atoms with van der Waals surface area (Å²) in [7, 11) is 2.12. The maximum atomic E-state index is 6.15. The Morgan fingerprint density at radius 3 is 2.73 bits per heavy atom. The van der Waals surface area contributed by atoms with E-state index in [1.165, 1.54) is 24.1 Å². The van der Waals surface area contributed by atoms with E-state index in [-0.39, 0.29) is 0 Å². The van der Waals surface area contributed by atoms with Crippen LogP contribution in [0, 0.1) is 0 Å². The van der Waals surface area contributed by atoms with Gasteiger partial charge in [-0.15, -0.1) is 0 Å². The highest BCUT2D eigenvalue weighted by Crippen LogP contribution is 2.28. The number of hydrogen-bond acceptors (Lipinski definition) is 1. The Kier molecular flexibility index (Phi) is 5.48. The molecule has 15 heavy (non-hydrogen) atoms. The number of alkyl halides is 1. The summed E-state index contributed by atoms with van der Waals surface area (Å²) in [5.41, 5.74) is 2.41. The molecule has 0 aromatic heterocycles. The molecule has 0 atom stereocenters. The highest BCUT2D eigenvalue weighted by atomic mass is 79.9. The van der Waals surface area contributed by atoms with E-state index in [1.54, 1.807) is 0 Å². The number of hydrogen-bond donors (Lipinski definition) is 0. The molecule has 0 aliphatic carbocycles. The first-order valence-corrected chi connectivity index (χ1v) is 6.75. The van der Waals surface area contributed by atoms with Crippen molar-refractivity contribution in [2.45, 2.75) is 25.1 Å². The largest absolute Gasteiger partial charge is 0.374 e. The molecule has 0 saturated heterocycles. The van der Waals surface area contributed by atoms with Crippen LogP contribution in [0.2, 0.25) is 5.02 Å². The molecule has 1 rings (SSSR count). The summed E-state index contributed by atoms with van der Waals surface area (Å²) >= 11 is 9.64. The zero-order chi connectivity index (χ0) is 11.3. The topological polar surface area (TPSA) is 3.24 Å². The maximum absolute atomic E-state index is 6.15. The average molecular weight is 291 g/mol. The highest BCUT2D eigenvalue weighted by molar-refractivity contribution is 9.08. The van der Waals surface area contributed by atoms with Gasteiger partial charge in [-0.05, 0) is 18.6 Å². The van der Waals surface area contributed by atoms with Crippen LogP contribution in [-0.4, -0.2) is 13.6 Å². The third-order valence-electron chi connectivity index (χ3n) is 2.49.